The lowest BCUT2D eigenvalue weighted by atomic mass is 10.0. The van der Waals surface area contributed by atoms with E-state index >= 15 is 0 Å². The molecule has 0 radical (unpaired) electrons. The van der Waals surface area contributed by atoms with Crippen molar-refractivity contribution in [2.45, 2.75) is 70.8 Å². The normalized spacial score (nSPS) is 13.1. The molecule has 0 heterocycles. The smallest absolute Gasteiger partial charge is 0.372 e. The summed E-state index contributed by atoms with van der Waals surface area (Å²) in [4.78, 5) is 11.0. The lowest BCUT2D eigenvalue weighted by Crippen LogP contribution is -2.03. The van der Waals surface area contributed by atoms with Gasteiger partial charge in [-0.3, -0.25) is 0 Å². The van der Waals surface area contributed by atoms with Gasteiger partial charge in [0.05, 0.1) is 13.2 Å². The maximum Gasteiger partial charge on any atom is 0.372 e. The summed E-state index contributed by atoms with van der Waals surface area (Å²) in [5, 5.41) is 19.6. The lowest BCUT2D eigenvalue weighted by molar-refractivity contribution is -0.139. The first kappa shape index (κ1) is 23.0. The van der Waals surface area contributed by atoms with Crippen molar-refractivity contribution in [1.82, 2.24) is 0 Å². The average Bonchev–Trinajstić information content (AvgIpc) is 2.69. The van der Waals surface area contributed by atoms with Gasteiger partial charge in [-0.2, -0.15) is 0 Å². The number of hydrogen-bond acceptors (Lipinski definition) is 4. The third kappa shape index (κ3) is 10.00. The number of aryl methyl sites for hydroxylation is 1. The van der Waals surface area contributed by atoms with Crippen LogP contribution < -0.4 is 0 Å². The third-order valence-corrected chi connectivity index (χ3v) is 4.52. The van der Waals surface area contributed by atoms with Crippen LogP contribution in [0.2, 0.25) is 0 Å². The maximum atomic E-state index is 11.0. The zero-order valence-electron chi connectivity index (χ0n) is 16.7. The first-order chi connectivity index (χ1) is 13.1. The van der Waals surface area contributed by atoms with E-state index in [1.165, 1.54) is 38.0 Å². The minimum Gasteiger partial charge on any atom is -0.502 e. The Morgan fingerprint density at radius 1 is 1.07 bits per heavy atom. The highest BCUT2D eigenvalue weighted by atomic mass is 16.5. The third-order valence-electron chi connectivity index (χ3n) is 4.52. The monoisotopic (exact) mass is 374 g/mol. The van der Waals surface area contributed by atoms with Crippen molar-refractivity contribution in [2.24, 2.45) is 0 Å². The van der Waals surface area contributed by atoms with Crippen molar-refractivity contribution < 1.29 is 19.7 Å². The molecular weight excluding hydrogens is 340 g/mol. The molecule has 1 aromatic rings. The molecule has 0 saturated carbocycles. The summed E-state index contributed by atoms with van der Waals surface area (Å²) in [5.74, 6) is -1.02. The number of hydrogen-bond donors (Lipinski definition) is 2. The number of rotatable bonds is 13. The summed E-state index contributed by atoms with van der Waals surface area (Å²) in [6, 6.07) is 8.11. The van der Waals surface area contributed by atoms with Crippen molar-refractivity contribution in [3.05, 3.63) is 59.4 Å². The fraction of sp³-hybridized carbons (Fsp3) is 0.522. The molecule has 0 saturated heterocycles. The summed E-state index contributed by atoms with van der Waals surface area (Å²) in [6.07, 6.45) is 14.2. The summed E-state index contributed by atoms with van der Waals surface area (Å²) in [5.41, 5.74) is 2.17. The fourth-order valence-electron chi connectivity index (χ4n) is 2.80. The second-order valence-electron chi connectivity index (χ2n) is 6.79. The molecule has 1 atom stereocenters. The molecule has 0 aliphatic rings. The number of carbonyl (C=O) groups is 1. The summed E-state index contributed by atoms with van der Waals surface area (Å²) >= 11 is 0. The van der Waals surface area contributed by atoms with Gasteiger partial charge >= 0.3 is 5.97 Å². The number of methoxy groups -OCH3 is 1. The van der Waals surface area contributed by atoms with E-state index < -0.39 is 12.1 Å². The number of aliphatic hydroxyl groups excluding tert-OH is 2. The molecule has 0 spiro atoms. The zero-order valence-corrected chi connectivity index (χ0v) is 16.7. The highest BCUT2D eigenvalue weighted by Crippen LogP contribution is 2.19. The number of benzene rings is 1. The van der Waals surface area contributed by atoms with Crippen LogP contribution in [0.4, 0.5) is 0 Å². The second kappa shape index (κ2) is 14.0. The molecular formula is C23H34O4. The number of ether oxygens (including phenoxy) is 1. The van der Waals surface area contributed by atoms with E-state index in [9.17, 15) is 15.0 Å². The lowest BCUT2D eigenvalue weighted by Gasteiger charge is -2.09. The van der Waals surface area contributed by atoms with Crippen LogP contribution in [0.3, 0.4) is 0 Å². The molecule has 1 unspecified atom stereocenters. The Hall–Kier alpha value is -2.07. The van der Waals surface area contributed by atoms with E-state index in [0.717, 1.165) is 31.2 Å². The average molecular weight is 375 g/mol. The van der Waals surface area contributed by atoms with Gasteiger partial charge in [-0.05, 0) is 62.1 Å². The number of aliphatic hydroxyl groups is 2. The van der Waals surface area contributed by atoms with E-state index in [-0.39, 0.29) is 5.76 Å². The van der Waals surface area contributed by atoms with Crippen molar-refractivity contribution >= 4 is 5.97 Å². The van der Waals surface area contributed by atoms with E-state index in [4.69, 9.17) is 0 Å². The Balaban J connectivity index is 2.29. The van der Waals surface area contributed by atoms with Crippen LogP contribution in [-0.2, 0) is 16.0 Å². The Kier molecular flexibility index (Phi) is 11.9. The van der Waals surface area contributed by atoms with Crippen molar-refractivity contribution in [3.8, 4) is 0 Å². The van der Waals surface area contributed by atoms with Crippen molar-refractivity contribution in [2.75, 3.05) is 7.11 Å². The molecule has 0 aliphatic carbocycles. The first-order valence-corrected chi connectivity index (χ1v) is 9.97. The number of esters is 1. The van der Waals surface area contributed by atoms with Gasteiger partial charge in [-0.25, -0.2) is 4.79 Å². The molecule has 1 rings (SSSR count). The number of allylic oxidation sites excluding steroid dienone is 2. The standard InChI is InChI=1S/C23H34O4/c1-3-4-5-6-7-10-13-21(24)20-17-15-19(16-18-20)12-9-8-11-14-22(25)23(26)27-2/h7,10,14-18,21,24-25H,3-6,8-9,11-13H2,1-2H3/b10-7-,22-14?. The molecule has 2 N–H and O–H groups in total. The minimum atomic E-state index is -0.694. The summed E-state index contributed by atoms with van der Waals surface area (Å²) in [7, 11) is 1.25. The Morgan fingerprint density at radius 3 is 2.44 bits per heavy atom. The van der Waals surface area contributed by atoms with E-state index in [0.29, 0.717) is 12.8 Å². The highest BCUT2D eigenvalue weighted by Gasteiger charge is 2.06. The summed E-state index contributed by atoms with van der Waals surface area (Å²) < 4.78 is 4.43. The molecule has 4 heteroatoms. The van der Waals surface area contributed by atoms with Gasteiger partial charge in [0, 0.05) is 0 Å². The molecule has 0 amide bonds. The molecule has 0 aliphatic heterocycles. The van der Waals surface area contributed by atoms with Gasteiger partial charge < -0.3 is 14.9 Å². The molecule has 150 valence electrons. The predicted octanol–water partition coefficient (Wildman–Crippen LogP) is 5.57. The molecule has 1 aromatic carbocycles. The SMILES string of the molecule is CCCCC/C=C\CC(O)c1ccc(CCCCC=C(O)C(=O)OC)cc1. The van der Waals surface area contributed by atoms with Crippen LogP contribution in [0.15, 0.2) is 48.3 Å². The Morgan fingerprint density at radius 2 is 1.78 bits per heavy atom. The van der Waals surface area contributed by atoms with Crippen LogP contribution in [0, 0.1) is 0 Å². The van der Waals surface area contributed by atoms with Crippen LogP contribution in [-0.4, -0.2) is 23.3 Å². The number of unbranched alkanes of at least 4 members (excludes halogenated alkanes) is 5. The summed E-state index contributed by atoms with van der Waals surface area (Å²) in [6.45, 7) is 2.20. The van der Waals surface area contributed by atoms with E-state index in [1.54, 1.807) is 0 Å². The highest BCUT2D eigenvalue weighted by molar-refractivity contribution is 5.85. The zero-order chi connectivity index (χ0) is 19.9. The molecule has 0 bridgehead atoms. The van der Waals surface area contributed by atoms with Crippen LogP contribution in [0.1, 0.15) is 75.5 Å². The van der Waals surface area contributed by atoms with Crippen LogP contribution in [0.5, 0.6) is 0 Å². The second-order valence-corrected chi connectivity index (χ2v) is 6.79. The largest absolute Gasteiger partial charge is 0.502 e. The maximum absolute atomic E-state index is 11.0. The van der Waals surface area contributed by atoms with Crippen molar-refractivity contribution in [3.63, 3.8) is 0 Å². The van der Waals surface area contributed by atoms with Gasteiger partial charge in [0.1, 0.15) is 0 Å². The Bertz CT molecular complexity index is 587. The van der Waals surface area contributed by atoms with Crippen LogP contribution in [0.25, 0.3) is 0 Å². The Labute approximate surface area is 163 Å². The topological polar surface area (TPSA) is 66.8 Å². The fourth-order valence-corrected chi connectivity index (χ4v) is 2.80. The van der Waals surface area contributed by atoms with Crippen LogP contribution >= 0.6 is 0 Å². The van der Waals surface area contributed by atoms with Gasteiger partial charge in [-0.15, -0.1) is 0 Å². The molecule has 0 aromatic heterocycles. The molecule has 27 heavy (non-hydrogen) atoms. The molecule has 4 nitrogen and oxygen atoms in total. The van der Waals surface area contributed by atoms with Crippen molar-refractivity contribution in [1.29, 1.82) is 0 Å². The predicted molar refractivity (Wildman–Crippen MR) is 110 cm³/mol. The van der Waals surface area contributed by atoms with Gasteiger partial charge in [0.25, 0.3) is 0 Å². The van der Waals surface area contributed by atoms with Gasteiger partial charge in [-0.1, -0.05) is 56.2 Å². The minimum absolute atomic E-state index is 0.324. The van der Waals surface area contributed by atoms with E-state index in [2.05, 4.69) is 35.9 Å². The van der Waals surface area contributed by atoms with Gasteiger partial charge in [0.2, 0.25) is 0 Å². The number of carbonyl (C=O) groups excluding carboxylic acids is 1. The van der Waals surface area contributed by atoms with E-state index in [1.807, 2.05) is 12.1 Å². The molecule has 0 fully saturated rings. The quantitative estimate of drug-likeness (QED) is 0.156. The first-order valence-electron chi connectivity index (χ1n) is 9.97. The van der Waals surface area contributed by atoms with Gasteiger partial charge in [0.15, 0.2) is 5.76 Å².